The Morgan fingerprint density at radius 3 is 1.71 bits per heavy atom. The molecule has 1 saturated carbocycles. The topological polar surface area (TPSA) is 171 Å². The molecule has 0 saturated heterocycles. The van der Waals surface area contributed by atoms with Crippen LogP contribution in [0.5, 0.6) is 11.5 Å². The normalized spacial score (nSPS) is 24.3. The largest absolute Gasteiger partial charge is 0.508 e. The van der Waals surface area contributed by atoms with E-state index in [9.17, 15) is 39.9 Å². The Bertz CT molecular complexity index is 1120. The Morgan fingerprint density at radius 1 is 0.800 bits per heavy atom. The first-order valence-corrected chi connectivity index (χ1v) is 10.5. The second-order valence-corrected chi connectivity index (χ2v) is 8.04. The van der Waals surface area contributed by atoms with Gasteiger partial charge in [-0.3, -0.25) is 0 Å². The van der Waals surface area contributed by atoms with Crippen molar-refractivity contribution in [3.05, 3.63) is 71.8 Å². The highest BCUT2D eigenvalue weighted by Crippen LogP contribution is 2.33. The van der Waals surface area contributed by atoms with E-state index in [1.165, 1.54) is 48.6 Å². The molecule has 5 N–H and O–H groups in total. The number of phenols is 2. The van der Waals surface area contributed by atoms with Crippen molar-refractivity contribution in [3.63, 3.8) is 0 Å². The Balaban J connectivity index is 1.73. The summed E-state index contributed by atoms with van der Waals surface area (Å²) >= 11 is 0. The summed E-state index contributed by atoms with van der Waals surface area (Å²) in [5.74, 6) is -3.36. The molecule has 1 aliphatic rings. The molecule has 10 heteroatoms. The van der Waals surface area contributed by atoms with E-state index in [1.807, 2.05) is 0 Å². The number of phenolic OH excluding ortho intramolecular Hbond substituents is 2. The number of carbonyl (C=O) groups is 3. The summed E-state index contributed by atoms with van der Waals surface area (Å²) in [6, 6.07) is 11.8. The average Bonchev–Trinajstić information content (AvgIpc) is 2.80. The van der Waals surface area contributed by atoms with Crippen LogP contribution in [0.3, 0.4) is 0 Å². The van der Waals surface area contributed by atoms with Crippen molar-refractivity contribution in [1.29, 1.82) is 0 Å². The summed E-state index contributed by atoms with van der Waals surface area (Å²) in [5.41, 5.74) is -1.25. The molecule has 1 aliphatic carbocycles. The number of aromatic hydroxyl groups is 2. The van der Waals surface area contributed by atoms with Crippen molar-refractivity contribution in [1.82, 2.24) is 0 Å². The monoisotopic (exact) mass is 484 g/mol. The van der Waals surface area contributed by atoms with E-state index in [0.717, 1.165) is 12.2 Å². The number of carboxylic acids is 1. The zero-order valence-electron chi connectivity index (χ0n) is 18.4. The van der Waals surface area contributed by atoms with Crippen LogP contribution < -0.4 is 0 Å². The highest BCUT2D eigenvalue weighted by atomic mass is 16.6. The molecule has 0 unspecified atom stereocenters. The van der Waals surface area contributed by atoms with E-state index in [2.05, 4.69) is 0 Å². The fraction of sp³-hybridized carbons (Fsp3) is 0.240. The number of esters is 2. The number of ether oxygens (including phenoxy) is 2. The van der Waals surface area contributed by atoms with Crippen LogP contribution in [0.25, 0.3) is 12.2 Å². The van der Waals surface area contributed by atoms with Crippen LogP contribution in [0.2, 0.25) is 0 Å². The van der Waals surface area contributed by atoms with Crippen LogP contribution >= 0.6 is 0 Å². The zero-order chi connectivity index (χ0) is 25.6. The fourth-order valence-corrected chi connectivity index (χ4v) is 3.54. The smallest absolute Gasteiger partial charge is 0.335 e. The van der Waals surface area contributed by atoms with Gasteiger partial charge in [0.2, 0.25) is 0 Å². The van der Waals surface area contributed by atoms with Gasteiger partial charge in [-0.05, 0) is 47.5 Å². The molecule has 0 radical (unpaired) electrons. The lowest BCUT2D eigenvalue weighted by molar-refractivity contribution is -0.204. The third-order valence-corrected chi connectivity index (χ3v) is 5.36. The van der Waals surface area contributed by atoms with Gasteiger partial charge in [-0.25, -0.2) is 14.4 Å². The van der Waals surface area contributed by atoms with E-state index < -0.39 is 54.7 Å². The molecule has 0 heterocycles. The molecule has 0 aromatic heterocycles. The second kappa shape index (κ2) is 10.9. The molecular weight excluding hydrogens is 460 g/mol. The molecule has 2 aromatic rings. The van der Waals surface area contributed by atoms with Crippen LogP contribution in [0.1, 0.15) is 24.0 Å². The SMILES string of the molecule is O=C(/C=C/c1ccc(O)cc1)O[C@H]1[C@H](O)C[C@](O)(C(=O)O)C[C@H]1OC(=O)/C=C/c1ccc(O)cc1. The summed E-state index contributed by atoms with van der Waals surface area (Å²) < 4.78 is 10.5. The lowest BCUT2D eigenvalue weighted by Crippen LogP contribution is -2.58. The molecule has 0 spiro atoms. The van der Waals surface area contributed by atoms with Gasteiger partial charge in [-0.15, -0.1) is 0 Å². The van der Waals surface area contributed by atoms with Crippen molar-refractivity contribution < 1.29 is 49.4 Å². The Hall–Kier alpha value is -4.15. The lowest BCUT2D eigenvalue weighted by atomic mass is 9.79. The Morgan fingerprint density at radius 2 is 1.26 bits per heavy atom. The lowest BCUT2D eigenvalue weighted by Gasteiger charge is -2.40. The van der Waals surface area contributed by atoms with Crippen LogP contribution in [-0.4, -0.2) is 67.4 Å². The van der Waals surface area contributed by atoms with Gasteiger partial charge in [-0.1, -0.05) is 24.3 Å². The number of carboxylic acid groups (broad SMARTS) is 1. The maximum atomic E-state index is 12.4. The standard InChI is InChI=1S/C25H24O10/c26-17-7-1-15(2-8-17)5-11-21(29)34-20-14-25(33,24(31)32)13-19(28)23(20)35-22(30)12-6-16-3-9-18(27)10-4-16/h1-12,19-20,23,26-28,33H,13-14H2,(H,31,32)/b11-5+,12-6+/t19-,20-,23+,25-/m1/s1. The number of benzene rings is 2. The van der Waals surface area contributed by atoms with Gasteiger partial charge in [0.15, 0.2) is 11.7 Å². The van der Waals surface area contributed by atoms with Crippen molar-refractivity contribution in [2.45, 2.75) is 36.8 Å². The molecule has 0 amide bonds. The van der Waals surface area contributed by atoms with Gasteiger partial charge < -0.3 is 35.0 Å². The van der Waals surface area contributed by atoms with Crippen molar-refractivity contribution in [2.24, 2.45) is 0 Å². The number of rotatable bonds is 7. The number of aliphatic carboxylic acids is 1. The highest BCUT2D eigenvalue weighted by Gasteiger charge is 2.52. The van der Waals surface area contributed by atoms with Crippen molar-refractivity contribution >= 4 is 30.1 Å². The Kier molecular flexibility index (Phi) is 7.90. The Labute approximate surface area is 200 Å². The summed E-state index contributed by atoms with van der Waals surface area (Å²) in [6.07, 6.45) is -0.901. The summed E-state index contributed by atoms with van der Waals surface area (Å²) in [7, 11) is 0. The molecule has 3 rings (SSSR count). The molecular formula is C25H24O10. The number of hydrogen-bond acceptors (Lipinski definition) is 9. The van der Waals surface area contributed by atoms with Gasteiger partial charge in [-0.2, -0.15) is 0 Å². The number of hydrogen-bond donors (Lipinski definition) is 5. The summed E-state index contributed by atoms with van der Waals surface area (Å²) in [4.78, 5) is 36.2. The molecule has 0 bridgehead atoms. The quantitative estimate of drug-likeness (QED) is 0.287. The minimum atomic E-state index is -2.39. The van der Waals surface area contributed by atoms with Crippen LogP contribution in [0, 0.1) is 0 Å². The van der Waals surface area contributed by atoms with E-state index in [4.69, 9.17) is 9.47 Å². The van der Waals surface area contributed by atoms with E-state index in [1.54, 1.807) is 12.1 Å². The van der Waals surface area contributed by atoms with E-state index in [-0.39, 0.29) is 11.5 Å². The first-order chi connectivity index (χ1) is 16.6. The van der Waals surface area contributed by atoms with Gasteiger partial charge in [0.05, 0.1) is 6.10 Å². The average molecular weight is 484 g/mol. The van der Waals surface area contributed by atoms with Crippen LogP contribution in [-0.2, 0) is 23.9 Å². The van der Waals surface area contributed by atoms with Gasteiger partial charge >= 0.3 is 17.9 Å². The molecule has 10 nitrogen and oxygen atoms in total. The fourth-order valence-electron chi connectivity index (χ4n) is 3.54. The maximum absolute atomic E-state index is 12.4. The number of aliphatic hydroxyl groups excluding tert-OH is 1. The summed E-state index contributed by atoms with van der Waals surface area (Å²) in [6.45, 7) is 0. The first kappa shape index (κ1) is 25.5. The van der Waals surface area contributed by atoms with E-state index >= 15 is 0 Å². The van der Waals surface area contributed by atoms with Crippen molar-refractivity contribution in [2.75, 3.05) is 0 Å². The maximum Gasteiger partial charge on any atom is 0.335 e. The minimum Gasteiger partial charge on any atom is -0.508 e. The minimum absolute atomic E-state index is 0.0398. The van der Waals surface area contributed by atoms with Gasteiger partial charge in [0, 0.05) is 25.0 Å². The molecule has 184 valence electrons. The predicted molar refractivity (Wildman–Crippen MR) is 122 cm³/mol. The van der Waals surface area contributed by atoms with Gasteiger partial charge in [0.25, 0.3) is 0 Å². The highest BCUT2D eigenvalue weighted by molar-refractivity contribution is 5.88. The molecule has 0 aliphatic heterocycles. The zero-order valence-corrected chi connectivity index (χ0v) is 18.4. The predicted octanol–water partition coefficient (Wildman–Crippen LogP) is 1.62. The second-order valence-electron chi connectivity index (χ2n) is 8.04. The molecule has 35 heavy (non-hydrogen) atoms. The van der Waals surface area contributed by atoms with E-state index in [0.29, 0.717) is 11.1 Å². The number of aliphatic hydroxyl groups is 2. The van der Waals surface area contributed by atoms with Crippen LogP contribution in [0.15, 0.2) is 60.7 Å². The summed E-state index contributed by atoms with van der Waals surface area (Å²) in [5, 5.41) is 48.8. The molecule has 4 atom stereocenters. The number of carbonyl (C=O) groups excluding carboxylic acids is 2. The molecule has 1 fully saturated rings. The molecule has 2 aromatic carbocycles. The third kappa shape index (κ3) is 6.92. The van der Waals surface area contributed by atoms with Crippen LogP contribution in [0.4, 0.5) is 0 Å². The van der Waals surface area contributed by atoms with Crippen molar-refractivity contribution in [3.8, 4) is 11.5 Å². The van der Waals surface area contributed by atoms with Gasteiger partial charge in [0.1, 0.15) is 17.6 Å². The first-order valence-electron chi connectivity index (χ1n) is 10.5. The third-order valence-electron chi connectivity index (χ3n) is 5.36.